The van der Waals surface area contributed by atoms with Gasteiger partial charge in [-0.3, -0.25) is 14.4 Å². The van der Waals surface area contributed by atoms with Gasteiger partial charge < -0.3 is 0 Å². The summed E-state index contributed by atoms with van der Waals surface area (Å²) < 4.78 is 0. The Balaban J connectivity index is 1.70. The second-order valence-electron chi connectivity index (χ2n) is 10.4. The van der Waals surface area contributed by atoms with E-state index in [-0.39, 0.29) is 22.4 Å². The molecule has 4 aliphatic rings. The quantitative estimate of drug-likeness (QED) is 0.606. The molecule has 0 unspecified atom stereocenters. The third-order valence-corrected chi connectivity index (χ3v) is 8.90. The van der Waals surface area contributed by atoms with Gasteiger partial charge in [-0.2, -0.15) is 0 Å². The maximum absolute atomic E-state index is 12.8. The van der Waals surface area contributed by atoms with E-state index in [9.17, 15) is 14.4 Å². The summed E-state index contributed by atoms with van der Waals surface area (Å²) in [6.45, 7) is 6.12. The van der Waals surface area contributed by atoms with Gasteiger partial charge in [0.15, 0.2) is 11.6 Å². The van der Waals surface area contributed by atoms with Crippen LogP contribution in [0.5, 0.6) is 0 Å². The minimum Gasteiger partial charge on any atom is -0.299 e. The molecule has 0 heterocycles. The van der Waals surface area contributed by atoms with E-state index in [1.165, 1.54) is 0 Å². The summed E-state index contributed by atoms with van der Waals surface area (Å²) in [4.78, 5) is 37.2. The van der Waals surface area contributed by atoms with Gasteiger partial charge in [-0.05, 0) is 84.6 Å². The Kier molecular flexibility index (Phi) is 4.33. The average molecular weight is 403 g/mol. The summed E-state index contributed by atoms with van der Waals surface area (Å²) in [6.07, 6.45) is 9.41. The number of ketones is 3. The molecule has 2 saturated carbocycles. The zero-order valence-corrected chi connectivity index (χ0v) is 18.2. The summed E-state index contributed by atoms with van der Waals surface area (Å²) in [7, 11) is 0. The highest BCUT2D eigenvalue weighted by atomic mass is 16.1. The largest absolute Gasteiger partial charge is 0.299 e. The Morgan fingerprint density at radius 3 is 2.53 bits per heavy atom. The standard InChI is InChI=1S/C27H30O3/c1-16(28)17-5-4-6-18(13-17)20-15-21-22-7-8-25(30)27(22,3)12-10-23(21)26(2)11-9-19(29)14-24(20)26/h4-6,13-15,21-23H,7-12H2,1-3H3/t21-,22-,23-,26+,27-/m0/s1. The number of Topliss-reactive ketones (excluding diaryl/α,β-unsaturated/α-hetero) is 2. The zero-order chi connectivity index (χ0) is 21.3. The van der Waals surface area contributed by atoms with Crippen LogP contribution in [0.3, 0.4) is 0 Å². The molecule has 5 rings (SSSR count). The summed E-state index contributed by atoms with van der Waals surface area (Å²) in [5.74, 6) is 1.89. The molecule has 156 valence electrons. The average Bonchev–Trinajstić information content (AvgIpc) is 3.03. The van der Waals surface area contributed by atoms with E-state index < -0.39 is 0 Å². The molecule has 0 saturated heterocycles. The Labute approximate surface area is 178 Å². The van der Waals surface area contributed by atoms with Crippen LogP contribution in [0, 0.1) is 28.6 Å². The Morgan fingerprint density at radius 1 is 1.00 bits per heavy atom. The predicted octanol–water partition coefficient (Wildman–Crippen LogP) is 5.59. The Hall–Kier alpha value is -2.29. The van der Waals surface area contributed by atoms with Gasteiger partial charge >= 0.3 is 0 Å². The van der Waals surface area contributed by atoms with Crippen LogP contribution in [0.1, 0.15) is 75.2 Å². The molecule has 0 amide bonds. The van der Waals surface area contributed by atoms with Crippen molar-refractivity contribution >= 4 is 22.9 Å². The molecular weight excluding hydrogens is 372 g/mol. The van der Waals surface area contributed by atoms with E-state index >= 15 is 0 Å². The molecule has 2 fully saturated rings. The number of hydrogen-bond acceptors (Lipinski definition) is 3. The van der Waals surface area contributed by atoms with Crippen molar-refractivity contribution in [3.8, 4) is 0 Å². The van der Waals surface area contributed by atoms with Crippen LogP contribution in [-0.2, 0) is 9.59 Å². The number of fused-ring (bicyclic) bond motifs is 5. The lowest BCUT2D eigenvalue weighted by Gasteiger charge is -2.55. The molecule has 1 aromatic carbocycles. The van der Waals surface area contributed by atoms with E-state index in [4.69, 9.17) is 0 Å². The lowest BCUT2D eigenvalue weighted by Crippen LogP contribution is -2.49. The normalized spacial score (nSPS) is 37.6. The van der Waals surface area contributed by atoms with E-state index in [1.807, 2.05) is 24.3 Å². The maximum atomic E-state index is 12.8. The summed E-state index contributed by atoms with van der Waals surface area (Å²) in [6, 6.07) is 7.81. The molecule has 0 bridgehead atoms. The number of carbonyl (C=O) groups is 3. The number of allylic oxidation sites excluding steroid dienone is 4. The van der Waals surface area contributed by atoms with Crippen LogP contribution in [0.15, 0.2) is 42.0 Å². The molecule has 5 atom stereocenters. The highest BCUT2D eigenvalue weighted by molar-refractivity contribution is 5.99. The van der Waals surface area contributed by atoms with Crippen LogP contribution in [0.2, 0.25) is 0 Å². The molecular formula is C27H30O3. The molecule has 0 radical (unpaired) electrons. The van der Waals surface area contributed by atoms with Crippen molar-refractivity contribution in [3.63, 3.8) is 0 Å². The zero-order valence-electron chi connectivity index (χ0n) is 18.2. The van der Waals surface area contributed by atoms with E-state index in [1.54, 1.807) is 6.92 Å². The lowest BCUT2D eigenvalue weighted by atomic mass is 9.48. The molecule has 0 aromatic heterocycles. The summed E-state index contributed by atoms with van der Waals surface area (Å²) in [5, 5.41) is 0. The van der Waals surface area contributed by atoms with Gasteiger partial charge in [0.2, 0.25) is 0 Å². The van der Waals surface area contributed by atoms with Gasteiger partial charge in [0.1, 0.15) is 5.78 Å². The summed E-state index contributed by atoms with van der Waals surface area (Å²) >= 11 is 0. The molecule has 4 aliphatic carbocycles. The SMILES string of the molecule is CC(=O)c1cccc(C2=C[C@@H]3[C@H](CC[C@]4(C)C(=O)CC[C@@H]34)[C@@]3(C)CCC(=O)C=C23)c1. The second kappa shape index (κ2) is 6.60. The molecule has 0 N–H and O–H groups in total. The fraction of sp³-hybridized carbons (Fsp3) is 0.519. The highest BCUT2D eigenvalue weighted by Gasteiger charge is 2.58. The molecule has 3 heteroatoms. The topological polar surface area (TPSA) is 51.2 Å². The number of hydrogen-bond donors (Lipinski definition) is 0. The van der Waals surface area contributed by atoms with Crippen molar-refractivity contribution in [2.75, 3.05) is 0 Å². The number of rotatable bonds is 2. The molecule has 1 aromatic rings. The lowest BCUT2D eigenvalue weighted by molar-refractivity contribution is -0.130. The van der Waals surface area contributed by atoms with Gasteiger partial charge in [0.05, 0.1) is 0 Å². The third-order valence-electron chi connectivity index (χ3n) is 8.90. The van der Waals surface area contributed by atoms with Crippen molar-refractivity contribution in [3.05, 3.63) is 53.1 Å². The first-order valence-corrected chi connectivity index (χ1v) is 11.4. The van der Waals surface area contributed by atoms with Crippen LogP contribution < -0.4 is 0 Å². The third kappa shape index (κ3) is 2.67. The van der Waals surface area contributed by atoms with Gasteiger partial charge in [-0.25, -0.2) is 0 Å². The fourth-order valence-corrected chi connectivity index (χ4v) is 7.07. The van der Waals surface area contributed by atoms with Crippen molar-refractivity contribution in [1.29, 1.82) is 0 Å². The Morgan fingerprint density at radius 2 is 1.77 bits per heavy atom. The first-order chi connectivity index (χ1) is 14.2. The smallest absolute Gasteiger partial charge is 0.159 e. The van der Waals surface area contributed by atoms with Crippen LogP contribution in [0.4, 0.5) is 0 Å². The minimum atomic E-state index is -0.202. The van der Waals surface area contributed by atoms with Crippen LogP contribution >= 0.6 is 0 Å². The Bertz CT molecular complexity index is 1030. The van der Waals surface area contributed by atoms with Crippen molar-refractivity contribution < 1.29 is 14.4 Å². The van der Waals surface area contributed by atoms with Gasteiger partial charge in [0.25, 0.3) is 0 Å². The van der Waals surface area contributed by atoms with Gasteiger partial charge in [-0.1, -0.05) is 38.1 Å². The molecule has 0 spiro atoms. The minimum absolute atomic E-state index is 0.0502. The van der Waals surface area contributed by atoms with E-state index in [2.05, 4.69) is 26.0 Å². The molecule has 30 heavy (non-hydrogen) atoms. The monoisotopic (exact) mass is 402 g/mol. The fourth-order valence-electron chi connectivity index (χ4n) is 7.07. The second-order valence-corrected chi connectivity index (χ2v) is 10.4. The van der Waals surface area contributed by atoms with E-state index in [0.29, 0.717) is 41.9 Å². The van der Waals surface area contributed by atoms with E-state index in [0.717, 1.165) is 42.4 Å². The molecule has 3 nitrogen and oxygen atoms in total. The van der Waals surface area contributed by atoms with Crippen molar-refractivity contribution in [2.24, 2.45) is 28.6 Å². The number of carbonyl (C=O) groups excluding carboxylic acids is 3. The van der Waals surface area contributed by atoms with Crippen LogP contribution in [-0.4, -0.2) is 17.3 Å². The van der Waals surface area contributed by atoms with Crippen LogP contribution in [0.25, 0.3) is 5.57 Å². The summed E-state index contributed by atoms with van der Waals surface area (Å²) in [5.41, 5.74) is 3.72. The molecule has 0 aliphatic heterocycles. The first kappa shape index (κ1) is 19.7. The highest BCUT2D eigenvalue weighted by Crippen LogP contribution is 2.64. The maximum Gasteiger partial charge on any atom is 0.159 e. The predicted molar refractivity (Wildman–Crippen MR) is 117 cm³/mol. The number of benzene rings is 1. The van der Waals surface area contributed by atoms with Gasteiger partial charge in [0, 0.05) is 23.8 Å². The van der Waals surface area contributed by atoms with Crippen molar-refractivity contribution in [1.82, 2.24) is 0 Å². The van der Waals surface area contributed by atoms with Crippen molar-refractivity contribution in [2.45, 2.75) is 59.3 Å². The first-order valence-electron chi connectivity index (χ1n) is 11.4. The van der Waals surface area contributed by atoms with Gasteiger partial charge in [-0.15, -0.1) is 0 Å².